The summed E-state index contributed by atoms with van der Waals surface area (Å²) in [6.45, 7) is 5.98. The van der Waals surface area contributed by atoms with Crippen molar-refractivity contribution >= 4 is 29.0 Å². The molecule has 39 heavy (non-hydrogen) atoms. The predicted molar refractivity (Wildman–Crippen MR) is 144 cm³/mol. The van der Waals surface area contributed by atoms with Crippen LogP contribution in [0.25, 0.3) is 0 Å². The zero-order chi connectivity index (χ0) is 27.7. The second-order valence-corrected chi connectivity index (χ2v) is 12.5. The fourth-order valence-corrected chi connectivity index (χ4v) is 8.45. The third-order valence-corrected chi connectivity index (χ3v) is 9.65. The van der Waals surface area contributed by atoms with Crippen LogP contribution in [0.5, 0.6) is 0 Å². The van der Waals surface area contributed by atoms with Gasteiger partial charge < -0.3 is 15.4 Å². The van der Waals surface area contributed by atoms with E-state index in [4.69, 9.17) is 11.6 Å². The summed E-state index contributed by atoms with van der Waals surface area (Å²) < 4.78 is 17.3. The highest BCUT2D eigenvalue weighted by atomic mass is 35.5. The molecular formula is C28H32ClFN6O3. The van der Waals surface area contributed by atoms with E-state index in [1.54, 1.807) is 17.7 Å². The number of hydrogen-bond acceptors (Lipinski definition) is 5. The Labute approximate surface area is 230 Å². The van der Waals surface area contributed by atoms with Crippen LogP contribution in [-0.2, 0) is 16.9 Å². The van der Waals surface area contributed by atoms with Crippen LogP contribution in [0.15, 0.2) is 24.3 Å². The highest BCUT2D eigenvalue weighted by Gasteiger charge is 2.61. The van der Waals surface area contributed by atoms with Gasteiger partial charge in [-0.15, -0.1) is 0 Å². The summed E-state index contributed by atoms with van der Waals surface area (Å²) in [6, 6.07) is 6.42. The normalized spacial score (nSPS) is 27.2. The largest absolute Gasteiger partial charge is 0.408 e. The lowest BCUT2D eigenvalue weighted by Crippen LogP contribution is -2.57. The Bertz CT molecular complexity index is 1480. The molecule has 9 nitrogen and oxygen atoms in total. The van der Waals surface area contributed by atoms with Crippen molar-refractivity contribution in [3.63, 3.8) is 0 Å². The number of rotatable bonds is 7. The zero-order valence-electron chi connectivity index (χ0n) is 22.3. The third kappa shape index (κ3) is 4.42. The van der Waals surface area contributed by atoms with Crippen molar-refractivity contribution in [2.24, 2.45) is 17.3 Å². The van der Waals surface area contributed by atoms with Crippen molar-refractivity contribution in [1.82, 2.24) is 19.6 Å². The number of aryl methyl sites for hydroxylation is 1. The average Bonchev–Trinajstić information content (AvgIpc) is 3.28. The van der Waals surface area contributed by atoms with Crippen LogP contribution in [0.2, 0.25) is 5.02 Å². The molecule has 0 spiro atoms. The van der Waals surface area contributed by atoms with Gasteiger partial charge >= 0.3 is 5.82 Å². The van der Waals surface area contributed by atoms with Gasteiger partial charge in [-0.3, -0.25) is 9.48 Å². The second kappa shape index (κ2) is 9.15. The van der Waals surface area contributed by atoms with Crippen molar-refractivity contribution in [2.45, 2.75) is 77.8 Å². The first-order chi connectivity index (χ1) is 18.5. The van der Waals surface area contributed by atoms with Gasteiger partial charge in [0.25, 0.3) is 0 Å². The van der Waals surface area contributed by atoms with Gasteiger partial charge in [0.2, 0.25) is 5.91 Å². The molecule has 11 heteroatoms. The maximum atomic E-state index is 13.7. The van der Waals surface area contributed by atoms with E-state index in [1.165, 1.54) is 12.1 Å². The van der Waals surface area contributed by atoms with Crippen LogP contribution in [0, 0.1) is 54.0 Å². The number of aromatic nitrogens is 4. The summed E-state index contributed by atoms with van der Waals surface area (Å²) in [4.78, 5) is 24.6. The number of amides is 1. The number of anilines is 1. The van der Waals surface area contributed by atoms with Crippen molar-refractivity contribution < 1.29 is 14.1 Å². The number of hydrogen-bond donors (Lipinski definition) is 1. The number of nitrogens with zero attached hydrogens (tertiary/aromatic N) is 5. The van der Waals surface area contributed by atoms with Gasteiger partial charge in [-0.1, -0.05) is 23.7 Å². The number of nitro groups is 1. The summed E-state index contributed by atoms with van der Waals surface area (Å²) in [5.41, 5.74) is 3.12. The van der Waals surface area contributed by atoms with E-state index in [0.717, 1.165) is 49.8 Å². The van der Waals surface area contributed by atoms with Gasteiger partial charge in [0.1, 0.15) is 5.82 Å². The molecule has 1 aromatic carbocycles. The van der Waals surface area contributed by atoms with Crippen LogP contribution in [-0.4, -0.2) is 30.4 Å². The molecular weight excluding hydrogens is 523 g/mol. The minimum absolute atomic E-state index is 0.0511. The van der Waals surface area contributed by atoms with Gasteiger partial charge in [-0.05, 0) is 99.2 Å². The van der Waals surface area contributed by atoms with Crippen molar-refractivity contribution in [3.8, 4) is 0 Å². The standard InChI is InChI=1S/C28H32ClFN6O3/c1-16-25(18(3)34(32-16)14-19-5-4-6-22(30)8-19)31-23(37)13-27-9-20-7-21(10-27)12-28(11-20,15-27)35-17(2)24(29)26(33-35)36(38)39/h4-6,8,20-21H,7,9-15H2,1-3H3,(H,31,37). The third-order valence-electron chi connectivity index (χ3n) is 9.20. The summed E-state index contributed by atoms with van der Waals surface area (Å²) in [5.74, 6) is 0.275. The monoisotopic (exact) mass is 554 g/mol. The molecule has 1 amide bonds. The van der Waals surface area contributed by atoms with Gasteiger partial charge in [-0.25, -0.2) is 4.39 Å². The summed E-state index contributed by atoms with van der Waals surface area (Å²) in [6.07, 6.45) is 6.05. The lowest BCUT2D eigenvalue weighted by molar-refractivity contribution is -0.389. The van der Waals surface area contributed by atoms with Crippen molar-refractivity contribution in [1.29, 1.82) is 0 Å². The Morgan fingerprint density at radius 2 is 1.90 bits per heavy atom. The smallest absolute Gasteiger partial charge is 0.358 e. The zero-order valence-corrected chi connectivity index (χ0v) is 23.1. The molecule has 4 saturated carbocycles. The highest BCUT2D eigenvalue weighted by molar-refractivity contribution is 6.33. The van der Waals surface area contributed by atoms with Gasteiger partial charge in [0, 0.05) is 6.42 Å². The Hall–Kier alpha value is -3.27. The molecule has 4 aliphatic carbocycles. The minimum atomic E-state index is -0.519. The molecule has 206 valence electrons. The van der Waals surface area contributed by atoms with E-state index in [-0.39, 0.29) is 33.5 Å². The Balaban J connectivity index is 1.23. The van der Waals surface area contributed by atoms with Crippen LogP contribution < -0.4 is 5.32 Å². The molecule has 0 aliphatic heterocycles. The van der Waals surface area contributed by atoms with Crippen molar-refractivity contribution in [2.75, 3.05) is 5.32 Å². The molecule has 7 rings (SSSR count). The lowest BCUT2D eigenvalue weighted by atomic mass is 9.46. The molecule has 4 bridgehead atoms. The first kappa shape index (κ1) is 26.0. The number of halogens is 2. The molecule has 3 aromatic rings. The second-order valence-electron chi connectivity index (χ2n) is 12.1. The van der Waals surface area contributed by atoms with E-state index in [2.05, 4.69) is 15.5 Å². The Morgan fingerprint density at radius 1 is 1.18 bits per heavy atom. The maximum Gasteiger partial charge on any atom is 0.408 e. The van der Waals surface area contributed by atoms with Gasteiger partial charge in [-0.2, -0.15) is 9.78 Å². The topological polar surface area (TPSA) is 108 Å². The summed E-state index contributed by atoms with van der Waals surface area (Å²) >= 11 is 6.33. The number of nitrogens with one attached hydrogen (secondary N) is 1. The van der Waals surface area contributed by atoms with Crippen molar-refractivity contribution in [3.05, 3.63) is 67.9 Å². The summed E-state index contributed by atoms with van der Waals surface area (Å²) in [5, 5.41) is 23.8. The van der Waals surface area contributed by atoms with Crippen LogP contribution in [0.3, 0.4) is 0 Å². The van der Waals surface area contributed by atoms with E-state index in [9.17, 15) is 19.3 Å². The molecule has 4 aliphatic rings. The maximum absolute atomic E-state index is 13.7. The molecule has 2 unspecified atom stereocenters. The molecule has 0 radical (unpaired) electrons. The van der Waals surface area contributed by atoms with Crippen LogP contribution >= 0.6 is 11.6 Å². The lowest BCUT2D eigenvalue weighted by Gasteiger charge is -2.61. The molecule has 2 heterocycles. The van der Waals surface area contributed by atoms with Crippen LogP contribution in [0.4, 0.5) is 15.9 Å². The van der Waals surface area contributed by atoms with Crippen LogP contribution in [0.1, 0.15) is 67.6 Å². The fraction of sp³-hybridized carbons (Fsp3) is 0.536. The molecule has 1 N–H and O–H groups in total. The number of benzene rings is 1. The first-order valence-electron chi connectivity index (χ1n) is 13.5. The van der Waals surface area contributed by atoms with E-state index < -0.39 is 4.92 Å². The molecule has 2 atom stereocenters. The molecule has 4 fully saturated rings. The molecule has 2 aromatic heterocycles. The van der Waals surface area contributed by atoms with E-state index in [0.29, 0.717) is 41.9 Å². The number of carbonyl (C=O) groups excluding carboxylic acids is 1. The minimum Gasteiger partial charge on any atom is -0.358 e. The van der Waals surface area contributed by atoms with Gasteiger partial charge in [0.05, 0.1) is 40.0 Å². The average molecular weight is 555 g/mol. The first-order valence-corrected chi connectivity index (χ1v) is 13.8. The number of carbonyl (C=O) groups is 1. The quantitative estimate of drug-likeness (QED) is 0.281. The Kier molecular flexibility index (Phi) is 6.09. The SMILES string of the molecule is Cc1nn(Cc2cccc(F)c2)c(C)c1NC(=O)CC12CC3CC(C1)CC(n1nc([N+](=O)[O-])c(Cl)c1C)(C3)C2. The van der Waals surface area contributed by atoms with E-state index >= 15 is 0 Å². The summed E-state index contributed by atoms with van der Waals surface area (Å²) in [7, 11) is 0. The Morgan fingerprint density at radius 3 is 2.54 bits per heavy atom. The fourth-order valence-electron chi connectivity index (χ4n) is 8.27. The highest BCUT2D eigenvalue weighted by Crippen LogP contribution is 2.65. The van der Waals surface area contributed by atoms with E-state index in [1.807, 2.05) is 24.6 Å². The molecule has 0 saturated heterocycles. The predicted octanol–water partition coefficient (Wildman–Crippen LogP) is 6.08. The van der Waals surface area contributed by atoms with Gasteiger partial charge in [0.15, 0.2) is 5.02 Å².